The Morgan fingerprint density at radius 1 is 0.938 bits per heavy atom. The molecule has 0 saturated carbocycles. The SMILES string of the molecule is CC(C)c1cc(C(=O)c2c(Cl)cc(N3C(=O)c4ccccc4C3=O)cc2Cl)nn(C)c1=O. The Bertz CT molecular complexity index is 1320. The highest BCUT2D eigenvalue weighted by molar-refractivity contribution is 6.42. The van der Waals surface area contributed by atoms with E-state index in [-0.39, 0.29) is 49.6 Å². The third kappa shape index (κ3) is 3.43. The van der Waals surface area contributed by atoms with Crippen LogP contribution in [0.2, 0.25) is 10.0 Å². The summed E-state index contributed by atoms with van der Waals surface area (Å²) in [5.41, 5.74) is 0.818. The van der Waals surface area contributed by atoms with Crippen molar-refractivity contribution in [2.24, 2.45) is 7.05 Å². The van der Waals surface area contributed by atoms with Crippen LogP contribution in [0, 0.1) is 0 Å². The number of aryl methyl sites for hydroxylation is 1. The van der Waals surface area contributed by atoms with Gasteiger partial charge in [0.15, 0.2) is 0 Å². The molecular formula is C23H17Cl2N3O4. The molecule has 3 aromatic rings. The molecule has 2 aromatic carbocycles. The standard InChI is InChI=1S/C23H17Cl2N3O4/c1-11(2)15-10-18(26-27(3)21(15)30)20(29)19-16(24)8-12(9-17(19)25)28-22(31)13-6-4-5-7-14(13)23(28)32/h4-11H,1-3H3. The summed E-state index contributed by atoms with van der Waals surface area (Å²) in [5.74, 6) is -1.70. The molecule has 0 radical (unpaired) electrons. The van der Waals surface area contributed by atoms with Gasteiger partial charge in [0.25, 0.3) is 17.4 Å². The zero-order chi connectivity index (χ0) is 23.3. The van der Waals surface area contributed by atoms with Gasteiger partial charge in [-0.2, -0.15) is 5.10 Å². The van der Waals surface area contributed by atoms with Crippen molar-refractivity contribution < 1.29 is 14.4 Å². The van der Waals surface area contributed by atoms with E-state index in [4.69, 9.17) is 23.2 Å². The summed E-state index contributed by atoms with van der Waals surface area (Å²) in [6.07, 6.45) is 0. The van der Waals surface area contributed by atoms with Gasteiger partial charge in [-0.1, -0.05) is 49.2 Å². The van der Waals surface area contributed by atoms with Crippen molar-refractivity contribution in [3.05, 3.63) is 90.8 Å². The maximum Gasteiger partial charge on any atom is 0.269 e. The number of aromatic nitrogens is 2. The van der Waals surface area contributed by atoms with Gasteiger partial charge in [-0.15, -0.1) is 0 Å². The third-order valence-electron chi connectivity index (χ3n) is 5.25. The minimum atomic E-state index is -0.577. The predicted octanol–water partition coefficient (Wildman–Crippen LogP) is 4.24. The lowest BCUT2D eigenvalue weighted by molar-refractivity contribution is 0.0925. The topological polar surface area (TPSA) is 89.3 Å². The molecule has 9 heteroatoms. The first-order chi connectivity index (χ1) is 15.1. The van der Waals surface area contributed by atoms with Crippen molar-refractivity contribution in [2.75, 3.05) is 4.90 Å². The summed E-state index contributed by atoms with van der Waals surface area (Å²) in [4.78, 5) is 51.9. The predicted molar refractivity (Wildman–Crippen MR) is 121 cm³/mol. The van der Waals surface area contributed by atoms with Crippen molar-refractivity contribution in [1.82, 2.24) is 9.78 Å². The minimum Gasteiger partial charge on any atom is -0.287 e. The quantitative estimate of drug-likeness (QED) is 0.420. The third-order valence-corrected chi connectivity index (χ3v) is 5.85. The number of carbonyl (C=O) groups excluding carboxylic acids is 3. The summed E-state index contributed by atoms with van der Waals surface area (Å²) < 4.78 is 1.09. The normalized spacial score (nSPS) is 13.1. The molecule has 0 unspecified atom stereocenters. The molecule has 0 spiro atoms. The Hall–Kier alpha value is -3.29. The van der Waals surface area contributed by atoms with Crippen molar-refractivity contribution in [1.29, 1.82) is 0 Å². The Kier molecular flexibility index (Phi) is 5.48. The van der Waals surface area contributed by atoms with E-state index >= 15 is 0 Å². The number of nitrogens with zero attached hydrogens (tertiary/aromatic N) is 3. The number of ketones is 1. The lowest BCUT2D eigenvalue weighted by Crippen LogP contribution is -2.29. The molecule has 0 saturated heterocycles. The maximum absolute atomic E-state index is 13.2. The number of halogens is 2. The van der Waals surface area contributed by atoms with E-state index in [1.165, 1.54) is 25.2 Å². The number of carbonyl (C=O) groups is 3. The van der Waals surface area contributed by atoms with E-state index in [0.717, 1.165) is 9.58 Å². The maximum atomic E-state index is 13.2. The van der Waals surface area contributed by atoms with Crippen LogP contribution >= 0.6 is 23.2 Å². The Morgan fingerprint density at radius 3 is 1.97 bits per heavy atom. The van der Waals surface area contributed by atoms with Crippen LogP contribution in [-0.2, 0) is 7.05 Å². The average molecular weight is 470 g/mol. The van der Waals surface area contributed by atoms with E-state index in [1.54, 1.807) is 24.3 Å². The molecule has 2 heterocycles. The van der Waals surface area contributed by atoms with Crippen LogP contribution in [0.3, 0.4) is 0 Å². The van der Waals surface area contributed by atoms with Gasteiger partial charge in [-0.05, 0) is 36.2 Å². The van der Waals surface area contributed by atoms with E-state index < -0.39 is 17.6 Å². The second-order valence-corrected chi connectivity index (χ2v) is 8.49. The highest BCUT2D eigenvalue weighted by Gasteiger charge is 2.37. The number of benzene rings is 2. The zero-order valence-corrected chi connectivity index (χ0v) is 18.9. The van der Waals surface area contributed by atoms with Gasteiger partial charge in [0.2, 0.25) is 5.78 Å². The van der Waals surface area contributed by atoms with Crippen molar-refractivity contribution in [3.8, 4) is 0 Å². The van der Waals surface area contributed by atoms with Crippen LogP contribution < -0.4 is 10.5 Å². The van der Waals surface area contributed by atoms with Crippen LogP contribution in [0.1, 0.15) is 62.1 Å². The van der Waals surface area contributed by atoms with Crippen LogP contribution in [-0.4, -0.2) is 27.4 Å². The van der Waals surface area contributed by atoms with Gasteiger partial charge in [-0.3, -0.25) is 19.2 Å². The molecule has 4 rings (SSSR count). The molecule has 1 aliphatic rings. The highest BCUT2D eigenvalue weighted by Crippen LogP contribution is 2.36. The molecule has 7 nitrogen and oxygen atoms in total. The summed E-state index contributed by atoms with van der Waals surface area (Å²) in [6.45, 7) is 3.67. The van der Waals surface area contributed by atoms with Gasteiger partial charge in [-0.25, -0.2) is 9.58 Å². The number of anilines is 1. The molecule has 0 bridgehead atoms. The highest BCUT2D eigenvalue weighted by atomic mass is 35.5. The van der Waals surface area contributed by atoms with E-state index in [0.29, 0.717) is 5.56 Å². The largest absolute Gasteiger partial charge is 0.287 e. The summed E-state index contributed by atoms with van der Waals surface area (Å²) >= 11 is 12.8. The van der Waals surface area contributed by atoms with Gasteiger partial charge < -0.3 is 0 Å². The van der Waals surface area contributed by atoms with Crippen molar-refractivity contribution in [3.63, 3.8) is 0 Å². The number of amides is 2. The van der Waals surface area contributed by atoms with Crippen LogP contribution in [0.15, 0.2) is 47.3 Å². The molecule has 162 valence electrons. The van der Waals surface area contributed by atoms with E-state index in [2.05, 4.69) is 5.10 Å². The van der Waals surface area contributed by atoms with Gasteiger partial charge in [0.05, 0.1) is 32.4 Å². The molecule has 0 aliphatic carbocycles. The molecule has 1 aromatic heterocycles. The fourth-order valence-electron chi connectivity index (χ4n) is 3.61. The Balaban J connectivity index is 1.77. The summed E-state index contributed by atoms with van der Waals surface area (Å²) in [7, 11) is 1.46. The number of imide groups is 1. The Morgan fingerprint density at radius 2 is 1.47 bits per heavy atom. The molecule has 0 fully saturated rings. The molecule has 1 aliphatic heterocycles. The van der Waals surface area contributed by atoms with Crippen LogP contribution in [0.25, 0.3) is 0 Å². The molecule has 0 atom stereocenters. The zero-order valence-electron chi connectivity index (χ0n) is 17.3. The minimum absolute atomic E-state index is 0.00748. The number of hydrogen-bond donors (Lipinski definition) is 0. The van der Waals surface area contributed by atoms with Crippen molar-refractivity contribution >= 4 is 46.5 Å². The fraction of sp³-hybridized carbons (Fsp3) is 0.174. The first-order valence-corrected chi connectivity index (χ1v) is 10.5. The first kappa shape index (κ1) is 21.9. The first-order valence-electron chi connectivity index (χ1n) is 9.71. The van der Waals surface area contributed by atoms with Crippen LogP contribution in [0.5, 0.6) is 0 Å². The monoisotopic (exact) mass is 469 g/mol. The molecule has 32 heavy (non-hydrogen) atoms. The van der Waals surface area contributed by atoms with E-state index in [1.807, 2.05) is 13.8 Å². The Labute approximate surface area is 193 Å². The number of rotatable bonds is 4. The fourth-order valence-corrected chi connectivity index (χ4v) is 4.26. The van der Waals surface area contributed by atoms with Crippen LogP contribution in [0.4, 0.5) is 5.69 Å². The summed E-state index contributed by atoms with van der Waals surface area (Å²) in [6, 6.07) is 10.6. The van der Waals surface area contributed by atoms with Gasteiger partial charge in [0.1, 0.15) is 5.69 Å². The second-order valence-electron chi connectivity index (χ2n) is 7.67. The lowest BCUT2D eigenvalue weighted by atomic mass is 10.0. The second kappa shape index (κ2) is 8.00. The summed E-state index contributed by atoms with van der Waals surface area (Å²) in [5, 5.41) is 3.95. The molecule has 0 N–H and O–H groups in total. The molecular weight excluding hydrogens is 453 g/mol. The number of fused-ring (bicyclic) bond motifs is 1. The van der Waals surface area contributed by atoms with Gasteiger partial charge in [0, 0.05) is 12.6 Å². The average Bonchev–Trinajstić information content (AvgIpc) is 2.99. The van der Waals surface area contributed by atoms with E-state index in [9.17, 15) is 19.2 Å². The van der Waals surface area contributed by atoms with Gasteiger partial charge >= 0.3 is 0 Å². The molecule has 2 amide bonds. The lowest BCUT2D eigenvalue weighted by Gasteiger charge is -2.17. The van der Waals surface area contributed by atoms with Crippen molar-refractivity contribution in [2.45, 2.75) is 19.8 Å². The number of hydrogen-bond acceptors (Lipinski definition) is 5. The smallest absolute Gasteiger partial charge is 0.269 e.